The first kappa shape index (κ1) is 10.9. The molecule has 1 aliphatic heterocycles. The van der Waals surface area contributed by atoms with Crippen LogP contribution in [0, 0.1) is 17.8 Å². The van der Waals surface area contributed by atoms with E-state index in [4.69, 9.17) is 0 Å². The molecule has 3 heteroatoms. The van der Waals surface area contributed by atoms with E-state index in [1.807, 2.05) is 4.90 Å². The molecule has 1 saturated heterocycles. The molecule has 1 aliphatic carbocycles. The Kier molecular flexibility index (Phi) is 2.75. The number of nitrogens with zero attached hydrogens (tertiary/aromatic N) is 1. The number of hydrogen-bond acceptors (Lipinski definition) is 2. The highest BCUT2D eigenvalue weighted by Crippen LogP contribution is 2.39. The molecular formula is C12H22N2O. The second kappa shape index (κ2) is 3.78. The first-order valence-corrected chi connectivity index (χ1v) is 6.07. The summed E-state index contributed by atoms with van der Waals surface area (Å²) < 4.78 is 0. The van der Waals surface area contributed by atoms with Gasteiger partial charge in [-0.3, -0.25) is 10.1 Å². The summed E-state index contributed by atoms with van der Waals surface area (Å²) in [6.07, 6.45) is 1.51. The third-order valence-corrected chi connectivity index (χ3v) is 3.81. The quantitative estimate of drug-likeness (QED) is 0.764. The first-order valence-electron chi connectivity index (χ1n) is 6.07. The van der Waals surface area contributed by atoms with E-state index in [1.165, 1.54) is 6.42 Å². The van der Waals surface area contributed by atoms with Crippen molar-refractivity contribution < 1.29 is 4.79 Å². The van der Waals surface area contributed by atoms with Crippen molar-refractivity contribution in [3.05, 3.63) is 0 Å². The summed E-state index contributed by atoms with van der Waals surface area (Å²) in [6, 6.07) is 0.0362. The van der Waals surface area contributed by atoms with Gasteiger partial charge in [-0.25, -0.2) is 0 Å². The molecular weight excluding hydrogens is 188 g/mol. The maximum Gasteiger partial charge on any atom is 0.241 e. The van der Waals surface area contributed by atoms with Crippen LogP contribution in [0.2, 0.25) is 0 Å². The molecule has 2 fully saturated rings. The molecule has 4 unspecified atom stereocenters. The van der Waals surface area contributed by atoms with Crippen molar-refractivity contribution in [1.82, 2.24) is 10.2 Å². The normalized spacial score (nSPS) is 40.3. The van der Waals surface area contributed by atoms with Gasteiger partial charge in [-0.2, -0.15) is 0 Å². The Morgan fingerprint density at radius 1 is 1.47 bits per heavy atom. The number of rotatable bonds is 3. The highest BCUT2D eigenvalue weighted by molar-refractivity contribution is 5.84. The summed E-state index contributed by atoms with van der Waals surface area (Å²) in [7, 11) is 0. The Hall–Kier alpha value is -0.570. The van der Waals surface area contributed by atoms with E-state index in [0.717, 1.165) is 18.4 Å². The molecule has 15 heavy (non-hydrogen) atoms. The average Bonchev–Trinajstić information content (AvgIpc) is 2.77. The molecule has 0 aromatic heterocycles. The van der Waals surface area contributed by atoms with Crippen LogP contribution in [-0.4, -0.2) is 29.6 Å². The van der Waals surface area contributed by atoms with Crippen molar-refractivity contribution in [2.24, 2.45) is 17.8 Å². The van der Waals surface area contributed by atoms with Crippen LogP contribution in [0.15, 0.2) is 0 Å². The van der Waals surface area contributed by atoms with Gasteiger partial charge >= 0.3 is 0 Å². The lowest BCUT2D eigenvalue weighted by Crippen LogP contribution is -2.36. The minimum absolute atomic E-state index is 0.0362. The van der Waals surface area contributed by atoms with E-state index in [9.17, 15) is 4.79 Å². The van der Waals surface area contributed by atoms with Gasteiger partial charge in [-0.15, -0.1) is 0 Å². The van der Waals surface area contributed by atoms with E-state index in [1.54, 1.807) is 0 Å². The van der Waals surface area contributed by atoms with Gasteiger partial charge in [0, 0.05) is 6.54 Å². The van der Waals surface area contributed by atoms with Gasteiger partial charge < -0.3 is 4.90 Å². The van der Waals surface area contributed by atoms with Crippen molar-refractivity contribution in [2.75, 3.05) is 6.54 Å². The van der Waals surface area contributed by atoms with Gasteiger partial charge in [0.1, 0.15) is 0 Å². The van der Waals surface area contributed by atoms with Crippen molar-refractivity contribution in [2.45, 2.75) is 46.3 Å². The largest absolute Gasteiger partial charge is 0.326 e. The van der Waals surface area contributed by atoms with Crippen molar-refractivity contribution in [1.29, 1.82) is 0 Å². The monoisotopic (exact) mass is 210 g/mol. The van der Waals surface area contributed by atoms with Gasteiger partial charge in [0.2, 0.25) is 5.91 Å². The third-order valence-electron chi connectivity index (χ3n) is 3.81. The van der Waals surface area contributed by atoms with Crippen molar-refractivity contribution in [3.8, 4) is 0 Å². The lowest BCUT2D eigenvalue weighted by molar-refractivity contribution is -0.130. The lowest BCUT2D eigenvalue weighted by atomic mass is 10.1. The molecule has 1 saturated carbocycles. The van der Waals surface area contributed by atoms with Crippen LogP contribution in [0.25, 0.3) is 0 Å². The second-order valence-corrected chi connectivity index (χ2v) is 5.53. The Morgan fingerprint density at radius 2 is 2.07 bits per heavy atom. The highest BCUT2D eigenvalue weighted by Gasteiger charge is 2.42. The maximum atomic E-state index is 12.1. The fourth-order valence-corrected chi connectivity index (χ4v) is 2.42. The number of carbonyl (C=O) groups excluding carboxylic acids is 1. The minimum atomic E-state index is 0.0362. The van der Waals surface area contributed by atoms with E-state index in [-0.39, 0.29) is 12.2 Å². The Bertz CT molecular complexity index is 264. The number of amides is 1. The molecule has 86 valence electrons. The van der Waals surface area contributed by atoms with Crippen molar-refractivity contribution in [3.63, 3.8) is 0 Å². The van der Waals surface area contributed by atoms with Crippen LogP contribution >= 0.6 is 0 Å². The van der Waals surface area contributed by atoms with Crippen LogP contribution in [0.5, 0.6) is 0 Å². The molecule has 0 radical (unpaired) electrons. The standard InChI is InChI=1S/C12H22N2O/c1-7(2)11-12(15)14(9(4)13-11)6-10-5-8(10)3/h7-11,13H,5-6H2,1-4H3. The lowest BCUT2D eigenvalue weighted by Gasteiger charge is -2.20. The zero-order chi connectivity index (χ0) is 11.2. The molecule has 0 aromatic carbocycles. The van der Waals surface area contributed by atoms with Crippen LogP contribution in [0.1, 0.15) is 34.1 Å². The third kappa shape index (κ3) is 2.03. The number of carbonyl (C=O) groups is 1. The molecule has 4 atom stereocenters. The zero-order valence-electron chi connectivity index (χ0n) is 10.2. The number of hydrogen-bond donors (Lipinski definition) is 1. The van der Waals surface area contributed by atoms with Crippen LogP contribution < -0.4 is 5.32 Å². The molecule has 3 nitrogen and oxygen atoms in total. The summed E-state index contributed by atoms with van der Waals surface area (Å²) >= 11 is 0. The summed E-state index contributed by atoms with van der Waals surface area (Å²) in [5, 5.41) is 3.38. The predicted molar refractivity (Wildman–Crippen MR) is 60.2 cm³/mol. The second-order valence-electron chi connectivity index (χ2n) is 5.53. The Labute approximate surface area is 92.2 Å². The summed E-state index contributed by atoms with van der Waals surface area (Å²) in [5.74, 6) is 2.27. The van der Waals surface area contributed by atoms with Crippen LogP contribution in [0.4, 0.5) is 0 Å². The van der Waals surface area contributed by atoms with E-state index in [2.05, 4.69) is 33.0 Å². The van der Waals surface area contributed by atoms with Crippen LogP contribution in [-0.2, 0) is 4.79 Å². The molecule has 0 bridgehead atoms. The molecule has 2 rings (SSSR count). The van der Waals surface area contributed by atoms with Gasteiger partial charge in [0.25, 0.3) is 0 Å². The Balaban J connectivity index is 1.96. The SMILES string of the molecule is CC(C)C1NC(C)N(CC2CC2C)C1=O. The molecule has 1 amide bonds. The predicted octanol–water partition coefficient (Wildman–Crippen LogP) is 1.44. The summed E-state index contributed by atoms with van der Waals surface area (Å²) in [4.78, 5) is 14.1. The molecule has 0 aromatic rings. The molecule has 1 heterocycles. The molecule has 0 spiro atoms. The van der Waals surface area contributed by atoms with E-state index in [0.29, 0.717) is 11.8 Å². The minimum Gasteiger partial charge on any atom is -0.326 e. The van der Waals surface area contributed by atoms with Crippen molar-refractivity contribution >= 4 is 5.91 Å². The topological polar surface area (TPSA) is 32.3 Å². The Morgan fingerprint density at radius 3 is 2.47 bits per heavy atom. The zero-order valence-corrected chi connectivity index (χ0v) is 10.2. The first-order chi connectivity index (χ1) is 7.00. The summed E-state index contributed by atoms with van der Waals surface area (Å²) in [5.41, 5.74) is 0. The number of nitrogens with one attached hydrogen (secondary N) is 1. The highest BCUT2D eigenvalue weighted by atomic mass is 16.2. The average molecular weight is 210 g/mol. The van der Waals surface area contributed by atoms with Gasteiger partial charge in [-0.1, -0.05) is 20.8 Å². The molecule has 2 aliphatic rings. The smallest absolute Gasteiger partial charge is 0.241 e. The van der Waals surface area contributed by atoms with Gasteiger partial charge in [0.15, 0.2) is 0 Å². The fraction of sp³-hybridized carbons (Fsp3) is 0.917. The fourth-order valence-electron chi connectivity index (χ4n) is 2.42. The van der Waals surface area contributed by atoms with Gasteiger partial charge in [-0.05, 0) is 31.1 Å². The summed E-state index contributed by atoms with van der Waals surface area (Å²) in [6.45, 7) is 9.52. The van der Waals surface area contributed by atoms with E-state index >= 15 is 0 Å². The van der Waals surface area contributed by atoms with Crippen LogP contribution in [0.3, 0.4) is 0 Å². The van der Waals surface area contributed by atoms with Gasteiger partial charge in [0.05, 0.1) is 12.2 Å². The molecule has 1 N–H and O–H groups in total. The maximum absolute atomic E-state index is 12.1. The van der Waals surface area contributed by atoms with E-state index < -0.39 is 0 Å².